The highest BCUT2D eigenvalue weighted by molar-refractivity contribution is 6.30. The second-order valence-electron chi connectivity index (χ2n) is 4.28. The summed E-state index contributed by atoms with van der Waals surface area (Å²) in [5.41, 5.74) is 1.18. The van der Waals surface area contributed by atoms with Gasteiger partial charge in [-0.1, -0.05) is 35.9 Å². The molecule has 0 aliphatic rings. The molecule has 0 aromatic heterocycles. The van der Waals surface area contributed by atoms with Gasteiger partial charge < -0.3 is 15.7 Å². The normalized spacial score (nSPS) is 9.95. The lowest BCUT2D eigenvalue weighted by Gasteiger charge is -2.09. The van der Waals surface area contributed by atoms with Gasteiger partial charge in [0, 0.05) is 11.6 Å². The van der Waals surface area contributed by atoms with E-state index in [-0.39, 0.29) is 11.3 Å². The molecule has 0 bridgehead atoms. The molecule has 0 radical (unpaired) electrons. The van der Waals surface area contributed by atoms with Crippen molar-refractivity contribution in [2.75, 3.05) is 5.32 Å². The highest BCUT2D eigenvalue weighted by Gasteiger charge is 2.11. The van der Waals surface area contributed by atoms with Crippen LogP contribution in [0.3, 0.4) is 0 Å². The molecule has 0 saturated heterocycles. The first-order valence-electron chi connectivity index (χ1n) is 6.18. The van der Waals surface area contributed by atoms with E-state index < -0.39 is 12.0 Å². The predicted octanol–water partition coefficient (Wildman–Crippen LogP) is 3.36. The molecule has 0 aliphatic heterocycles. The van der Waals surface area contributed by atoms with E-state index in [0.29, 0.717) is 11.6 Å². The zero-order valence-electron chi connectivity index (χ0n) is 11.0. The molecule has 6 heteroatoms. The van der Waals surface area contributed by atoms with Crippen LogP contribution in [0.1, 0.15) is 15.9 Å². The molecule has 0 fully saturated rings. The van der Waals surface area contributed by atoms with Crippen molar-refractivity contribution in [3.63, 3.8) is 0 Å². The molecule has 0 unspecified atom stereocenters. The number of carboxylic acid groups (broad SMARTS) is 1. The zero-order valence-corrected chi connectivity index (χ0v) is 11.7. The van der Waals surface area contributed by atoms with E-state index in [1.54, 1.807) is 36.4 Å². The SMILES string of the molecule is O=C(NCc1ccc(Cl)cc1)Nc1ccccc1C(=O)O. The van der Waals surface area contributed by atoms with Gasteiger partial charge >= 0.3 is 12.0 Å². The molecule has 0 heterocycles. The summed E-state index contributed by atoms with van der Waals surface area (Å²) in [5.74, 6) is -1.09. The fraction of sp³-hybridized carbons (Fsp3) is 0.0667. The molecular weight excluding hydrogens is 292 g/mol. The molecule has 21 heavy (non-hydrogen) atoms. The van der Waals surface area contributed by atoms with Crippen LogP contribution in [0.15, 0.2) is 48.5 Å². The quantitative estimate of drug-likeness (QED) is 0.810. The second-order valence-corrected chi connectivity index (χ2v) is 4.72. The number of hydrogen-bond acceptors (Lipinski definition) is 2. The Morgan fingerprint density at radius 3 is 2.38 bits per heavy atom. The summed E-state index contributed by atoms with van der Waals surface area (Å²) < 4.78 is 0. The van der Waals surface area contributed by atoms with Crippen LogP contribution in [-0.2, 0) is 6.54 Å². The van der Waals surface area contributed by atoms with Crippen LogP contribution in [-0.4, -0.2) is 17.1 Å². The van der Waals surface area contributed by atoms with Crippen LogP contribution >= 0.6 is 11.6 Å². The van der Waals surface area contributed by atoms with Crippen LogP contribution in [0.4, 0.5) is 10.5 Å². The van der Waals surface area contributed by atoms with Crippen LogP contribution in [0, 0.1) is 0 Å². The number of carbonyl (C=O) groups excluding carboxylic acids is 1. The number of carbonyl (C=O) groups is 2. The lowest BCUT2D eigenvalue weighted by Crippen LogP contribution is -2.28. The molecular formula is C15H13ClN2O3. The number of para-hydroxylation sites is 1. The smallest absolute Gasteiger partial charge is 0.337 e. The van der Waals surface area contributed by atoms with Gasteiger partial charge in [0.2, 0.25) is 0 Å². The third-order valence-corrected chi connectivity index (χ3v) is 3.02. The van der Waals surface area contributed by atoms with E-state index in [1.165, 1.54) is 12.1 Å². The number of carboxylic acids is 1. The van der Waals surface area contributed by atoms with Gasteiger partial charge in [-0.3, -0.25) is 0 Å². The molecule has 2 amide bonds. The summed E-state index contributed by atoms with van der Waals surface area (Å²) in [5, 5.41) is 14.8. The number of benzene rings is 2. The first-order chi connectivity index (χ1) is 10.1. The minimum absolute atomic E-state index is 0.0409. The van der Waals surface area contributed by atoms with E-state index in [0.717, 1.165) is 5.56 Å². The fourth-order valence-electron chi connectivity index (χ4n) is 1.73. The van der Waals surface area contributed by atoms with E-state index in [1.807, 2.05) is 0 Å². The largest absolute Gasteiger partial charge is 0.478 e. The van der Waals surface area contributed by atoms with E-state index in [4.69, 9.17) is 16.7 Å². The van der Waals surface area contributed by atoms with Crippen LogP contribution in [0.2, 0.25) is 5.02 Å². The van der Waals surface area contributed by atoms with Crippen molar-refractivity contribution in [1.82, 2.24) is 5.32 Å². The Labute approximate surface area is 126 Å². The van der Waals surface area contributed by atoms with Gasteiger partial charge in [0.15, 0.2) is 0 Å². The Morgan fingerprint density at radius 1 is 1.05 bits per heavy atom. The topological polar surface area (TPSA) is 78.4 Å². The van der Waals surface area contributed by atoms with Crippen molar-refractivity contribution in [3.05, 3.63) is 64.7 Å². The number of anilines is 1. The van der Waals surface area contributed by atoms with Gasteiger partial charge in [-0.05, 0) is 29.8 Å². The number of halogens is 1. The summed E-state index contributed by atoms with van der Waals surface area (Å²) in [6.07, 6.45) is 0. The number of aromatic carboxylic acids is 1. The Hall–Kier alpha value is -2.53. The Kier molecular flexibility index (Phi) is 4.79. The van der Waals surface area contributed by atoms with Crippen molar-refractivity contribution < 1.29 is 14.7 Å². The van der Waals surface area contributed by atoms with Gasteiger partial charge in [-0.2, -0.15) is 0 Å². The Bertz CT molecular complexity index is 656. The molecule has 2 aromatic rings. The molecule has 0 atom stereocenters. The summed E-state index contributed by atoms with van der Waals surface area (Å²) in [6, 6.07) is 12.8. The van der Waals surface area contributed by atoms with Gasteiger partial charge in [0.25, 0.3) is 0 Å². The monoisotopic (exact) mass is 304 g/mol. The highest BCUT2D eigenvalue weighted by Crippen LogP contribution is 2.14. The lowest BCUT2D eigenvalue weighted by atomic mass is 10.2. The van der Waals surface area contributed by atoms with Gasteiger partial charge in [0.1, 0.15) is 0 Å². The third kappa shape index (κ3) is 4.22. The number of rotatable bonds is 4. The maximum atomic E-state index is 11.8. The molecule has 3 N–H and O–H groups in total. The molecule has 0 spiro atoms. The highest BCUT2D eigenvalue weighted by atomic mass is 35.5. The molecule has 2 aromatic carbocycles. The Balaban J connectivity index is 1.96. The van der Waals surface area contributed by atoms with Crippen molar-refractivity contribution in [2.45, 2.75) is 6.54 Å². The Morgan fingerprint density at radius 2 is 1.71 bits per heavy atom. The average molecular weight is 305 g/mol. The number of nitrogens with one attached hydrogen (secondary N) is 2. The van der Waals surface area contributed by atoms with Crippen molar-refractivity contribution >= 4 is 29.3 Å². The standard InChI is InChI=1S/C15H13ClN2O3/c16-11-7-5-10(6-8-11)9-17-15(21)18-13-4-2-1-3-12(13)14(19)20/h1-8H,9H2,(H,19,20)(H2,17,18,21). The number of amides is 2. The van der Waals surface area contributed by atoms with E-state index >= 15 is 0 Å². The predicted molar refractivity (Wildman–Crippen MR) is 80.7 cm³/mol. The molecule has 2 rings (SSSR count). The summed E-state index contributed by atoms with van der Waals surface area (Å²) in [7, 11) is 0. The van der Waals surface area contributed by atoms with E-state index in [9.17, 15) is 9.59 Å². The number of hydrogen-bond donors (Lipinski definition) is 3. The molecule has 5 nitrogen and oxygen atoms in total. The second kappa shape index (κ2) is 6.76. The van der Waals surface area contributed by atoms with Crippen LogP contribution in [0.25, 0.3) is 0 Å². The van der Waals surface area contributed by atoms with Crippen LogP contribution in [0.5, 0.6) is 0 Å². The minimum atomic E-state index is -1.09. The number of urea groups is 1. The first-order valence-corrected chi connectivity index (χ1v) is 6.55. The fourth-order valence-corrected chi connectivity index (χ4v) is 1.86. The van der Waals surface area contributed by atoms with Crippen molar-refractivity contribution in [3.8, 4) is 0 Å². The maximum Gasteiger partial charge on any atom is 0.337 e. The van der Waals surface area contributed by atoms with Gasteiger partial charge in [0.05, 0.1) is 11.3 Å². The van der Waals surface area contributed by atoms with Crippen LogP contribution < -0.4 is 10.6 Å². The van der Waals surface area contributed by atoms with Gasteiger partial charge in [-0.25, -0.2) is 9.59 Å². The minimum Gasteiger partial charge on any atom is -0.478 e. The van der Waals surface area contributed by atoms with Crippen molar-refractivity contribution in [1.29, 1.82) is 0 Å². The molecule has 0 aliphatic carbocycles. The first kappa shape index (κ1) is 14.9. The van der Waals surface area contributed by atoms with Crippen molar-refractivity contribution in [2.24, 2.45) is 0 Å². The summed E-state index contributed by atoms with van der Waals surface area (Å²) >= 11 is 5.77. The van der Waals surface area contributed by atoms with Gasteiger partial charge in [-0.15, -0.1) is 0 Å². The third-order valence-electron chi connectivity index (χ3n) is 2.77. The summed E-state index contributed by atoms with van der Waals surface area (Å²) in [4.78, 5) is 22.8. The maximum absolute atomic E-state index is 11.8. The zero-order chi connectivity index (χ0) is 15.2. The summed E-state index contributed by atoms with van der Waals surface area (Å²) in [6.45, 7) is 0.318. The molecule has 108 valence electrons. The average Bonchev–Trinajstić information content (AvgIpc) is 2.47. The van der Waals surface area contributed by atoms with E-state index in [2.05, 4.69) is 10.6 Å². The lowest BCUT2D eigenvalue weighted by molar-refractivity contribution is 0.0698. The molecule has 0 saturated carbocycles.